The van der Waals surface area contributed by atoms with Gasteiger partial charge in [-0.2, -0.15) is 0 Å². The summed E-state index contributed by atoms with van der Waals surface area (Å²) in [5.41, 5.74) is 0. The molecule has 0 radical (unpaired) electrons. The molecule has 3 rings (SSSR count). The van der Waals surface area contributed by atoms with Crippen LogP contribution in [0.25, 0.3) is 0 Å². The smallest absolute Gasteiger partial charge is 0.391 e. The fourth-order valence-electron chi connectivity index (χ4n) is 10.6. The zero-order valence-electron chi connectivity index (χ0n) is 47.9. The first-order valence-corrected chi connectivity index (χ1v) is 33.2. The van der Waals surface area contributed by atoms with Gasteiger partial charge in [0.2, 0.25) is 5.91 Å². The third kappa shape index (κ3) is 26.5. The van der Waals surface area contributed by atoms with Crippen molar-refractivity contribution in [1.29, 1.82) is 0 Å². The van der Waals surface area contributed by atoms with Crippen LogP contribution in [0.5, 0.6) is 0 Å². The van der Waals surface area contributed by atoms with Crippen molar-refractivity contribution in [2.45, 2.75) is 323 Å². The second kappa shape index (κ2) is 39.8. The van der Waals surface area contributed by atoms with Gasteiger partial charge in [-0.15, -0.1) is 0 Å². The number of rotatable bonds is 44. The number of phosphoric acid groups is 2. The lowest BCUT2D eigenvalue weighted by molar-refractivity contribution is -0.337. The maximum absolute atomic E-state index is 13.7. The minimum atomic E-state index is -5.50. The average molecular weight is 1210 g/mol. The Morgan fingerprint density at radius 1 is 0.444 bits per heavy atom. The Kier molecular flexibility index (Phi) is 36.5. The highest BCUT2D eigenvalue weighted by molar-refractivity contribution is 7.47. The number of hydrogen-bond acceptors (Lipinski definition) is 22. The maximum atomic E-state index is 13.7. The van der Waals surface area contributed by atoms with Crippen LogP contribution < -0.4 is 5.32 Å². The van der Waals surface area contributed by atoms with Crippen molar-refractivity contribution in [3.63, 3.8) is 0 Å². The van der Waals surface area contributed by atoms with Gasteiger partial charge in [-0.1, -0.05) is 187 Å². The van der Waals surface area contributed by atoms with Crippen molar-refractivity contribution in [2.24, 2.45) is 0 Å². The van der Waals surface area contributed by atoms with Crippen LogP contribution in [-0.4, -0.2) is 211 Å². The second-order valence-corrected chi connectivity index (χ2v) is 25.5. The average Bonchev–Trinajstić information content (AvgIpc) is 3.45. The Morgan fingerprint density at radius 3 is 1.23 bits per heavy atom. The molecule has 25 nitrogen and oxygen atoms in total. The van der Waals surface area contributed by atoms with E-state index in [9.17, 15) is 90.1 Å². The van der Waals surface area contributed by atoms with E-state index in [1.54, 1.807) is 0 Å². The third-order valence-electron chi connectivity index (χ3n) is 15.8. The molecule has 81 heavy (non-hydrogen) atoms. The van der Waals surface area contributed by atoms with E-state index in [4.69, 9.17) is 27.6 Å². The van der Waals surface area contributed by atoms with Crippen molar-refractivity contribution in [2.75, 3.05) is 13.2 Å². The number of hydrogen-bond donors (Lipinski definition) is 16. The molecular weight excluding hydrogens is 1110 g/mol. The predicted octanol–water partition coefficient (Wildman–Crippen LogP) is 3.05. The normalized spacial score (nSPS) is 33.2. The van der Waals surface area contributed by atoms with Crippen LogP contribution >= 0.6 is 15.6 Å². The highest BCUT2D eigenvalue weighted by Gasteiger charge is 2.56. The summed E-state index contributed by atoms with van der Waals surface area (Å²) in [6.07, 6.45) is -7.38. The second-order valence-electron chi connectivity index (χ2n) is 22.7. The molecule has 480 valence electrons. The standard InChI is InChI=1S/C54H105NO24P2/c1-3-5-7-9-11-13-15-17-18-20-22-24-26-28-30-32-38(57)55-35(36(56)31-29-27-25-23-21-19-16-14-12-10-8-6-4-2)33-74-80(70,71)79-53-49(68)45(64)44(63)48(67)52(53)77-54-50(69)40(59)39(58)37(76-54)34-75-81(72,73)78-51-46(65)42(61)41(60)43(62)47(51)66/h35-37,39-54,56,58-69H,3-34H2,1-2H3,(H,55,57)(H,70,71)(H,72,73)/t35-,36+,37+,39+,40?,41?,42+,43?,44?,45?,46?,47?,48+,49?,50?,51?,52?,53-,54+/m0/s1. The molecule has 16 N–H and O–H groups in total. The van der Waals surface area contributed by atoms with Gasteiger partial charge in [0.15, 0.2) is 6.29 Å². The summed E-state index contributed by atoms with van der Waals surface area (Å²) in [5.74, 6) is -0.439. The summed E-state index contributed by atoms with van der Waals surface area (Å²) >= 11 is 0. The molecule has 0 aromatic heterocycles. The SMILES string of the molecule is CCCCCCCCCCCCCCCCCC(=O)N[C@@H](COP(=O)(O)O[C@H]1C(O)C(O)C(O)[C@@H](O)C1O[C@H]1O[C@H](COP(=O)(O)OC2C(O)C(O)C(O)[C@@H](O)C2O)[C@@H](O)C(O)C1O)[C@H](O)CCCCCCCCCCCCCCC. The number of ether oxygens (including phenoxy) is 2. The van der Waals surface area contributed by atoms with Gasteiger partial charge in [-0.3, -0.25) is 22.9 Å². The summed E-state index contributed by atoms with van der Waals surface area (Å²) in [4.78, 5) is 34.8. The number of amides is 1. The van der Waals surface area contributed by atoms with E-state index in [-0.39, 0.29) is 12.8 Å². The van der Waals surface area contributed by atoms with Gasteiger partial charge in [0.25, 0.3) is 0 Å². The molecule has 1 aliphatic heterocycles. The Labute approximate surface area is 478 Å². The predicted molar refractivity (Wildman–Crippen MR) is 295 cm³/mol. The van der Waals surface area contributed by atoms with Crippen LogP contribution in [0.3, 0.4) is 0 Å². The fourth-order valence-corrected chi connectivity index (χ4v) is 12.5. The summed E-state index contributed by atoms with van der Waals surface area (Å²) in [5, 5.41) is 140. The molecule has 3 fully saturated rings. The number of carbonyl (C=O) groups is 1. The summed E-state index contributed by atoms with van der Waals surface area (Å²) in [6, 6.07) is -1.24. The topological polar surface area (TPSA) is 422 Å². The van der Waals surface area contributed by atoms with Gasteiger partial charge >= 0.3 is 15.6 Å². The number of phosphoric ester groups is 2. The Hall–Kier alpha value is -0.910. The van der Waals surface area contributed by atoms with E-state index < -0.39 is 151 Å². The lowest BCUT2D eigenvalue weighted by Gasteiger charge is -2.47. The lowest BCUT2D eigenvalue weighted by atomic mass is 9.84. The van der Waals surface area contributed by atoms with E-state index in [0.717, 1.165) is 57.8 Å². The Balaban J connectivity index is 1.63. The molecule has 1 heterocycles. The summed E-state index contributed by atoms with van der Waals surface area (Å²) in [7, 11) is -11.0. The van der Waals surface area contributed by atoms with Crippen molar-refractivity contribution in [3.8, 4) is 0 Å². The Bertz CT molecular complexity index is 1750. The van der Waals surface area contributed by atoms with E-state index in [1.165, 1.54) is 109 Å². The zero-order chi connectivity index (χ0) is 60.1. The van der Waals surface area contributed by atoms with Gasteiger partial charge in [0, 0.05) is 6.42 Å². The van der Waals surface area contributed by atoms with Crippen molar-refractivity contribution in [1.82, 2.24) is 5.32 Å². The molecule has 2 aliphatic carbocycles. The summed E-state index contributed by atoms with van der Waals surface area (Å²) in [6.45, 7) is 2.38. The molecule has 2 saturated carbocycles. The number of carbonyl (C=O) groups excluding carboxylic acids is 1. The molecule has 1 amide bonds. The zero-order valence-corrected chi connectivity index (χ0v) is 49.7. The minimum absolute atomic E-state index is 0.107. The van der Waals surface area contributed by atoms with Gasteiger partial charge in [-0.05, 0) is 12.8 Å². The quantitative estimate of drug-likeness (QED) is 0.0308. The van der Waals surface area contributed by atoms with E-state index in [2.05, 4.69) is 19.2 Å². The van der Waals surface area contributed by atoms with E-state index >= 15 is 0 Å². The molecule has 27 heteroatoms. The first-order valence-electron chi connectivity index (χ1n) is 30.2. The molecule has 0 aromatic rings. The van der Waals surface area contributed by atoms with Gasteiger partial charge in [-0.25, -0.2) is 9.13 Å². The maximum Gasteiger partial charge on any atom is 0.472 e. The first-order chi connectivity index (χ1) is 38.5. The largest absolute Gasteiger partial charge is 0.472 e. The van der Waals surface area contributed by atoms with E-state index in [0.29, 0.717) is 12.8 Å². The molecule has 21 atom stereocenters. The van der Waals surface area contributed by atoms with Crippen molar-refractivity contribution >= 4 is 21.6 Å². The molecule has 0 bridgehead atoms. The van der Waals surface area contributed by atoms with Crippen molar-refractivity contribution < 1.29 is 118 Å². The molecule has 13 unspecified atom stereocenters. The Morgan fingerprint density at radius 2 is 0.790 bits per heavy atom. The van der Waals surface area contributed by atoms with Gasteiger partial charge in [0.1, 0.15) is 97.7 Å². The minimum Gasteiger partial charge on any atom is -0.391 e. The van der Waals surface area contributed by atoms with Crippen LogP contribution in [0.2, 0.25) is 0 Å². The molecule has 3 aliphatic rings. The van der Waals surface area contributed by atoms with Gasteiger partial charge < -0.3 is 91.0 Å². The molecule has 1 saturated heterocycles. The summed E-state index contributed by atoms with van der Waals surface area (Å²) < 4.78 is 57.8. The number of aliphatic hydroxyl groups is 13. The molecule has 0 aromatic carbocycles. The number of nitrogens with one attached hydrogen (secondary N) is 1. The fraction of sp³-hybridized carbons (Fsp3) is 0.981. The molecule has 0 spiro atoms. The lowest BCUT2D eigenvalue weighted by Crippen LogP contribution is -2.67. The highest BCUT2D eigenvalue weighted by Crippen LogP contribution is 2.49. The van der Waals surface area contributed by atoms with Crippen LogP contribution in [-0.2, 0) is 41.5 Å². The molecular formula is C54H105NO24P2. The van der Waals surface area contributed by atoms with E-state index in [1.807, 2.05) is 0 Å². The number of unbranched alkanes of at least 4 members (excludes halogenated alkanes) is 26. The first kappa shape index (κ1) is 74.3. The van der Waals surface area contributed by atoms with Crippen molar-refractivity contribution in [3.05, 3.63) is 0 Å². The van der Waals surface area contributed by atoms with Crippen LogP contribution in [0.4, 0.5) is 0 Å². The van der Waals surface area contributed by atoms with Crippen LogP contribution in [0.1, 0.15) is 206 Å². The third-order valence-corrected chi connectivity index (χ3v) is 17.8. The number of aliphatic hydroxyl groups excluding tert-OH is 13. The van der Waals surface area contributed by atoms with Crippen LogP contribution in [0, 0.1) is 0 Å². The highest BCUT2D eigenvalue weighted by atomic mass is 31.2. The van der Waals surface area contributed by atoms with Gasteiger partial charge in [0.05, 0.1) is 25.4 Å². The monoisotopic (exact) mass is 1210 g/mol. The van der Waals surface area contributed by atoms with Crippen LogP contribution in [0.15, 0.2) is 0 Å².